The van der Waals surface area contributed by atoms with Gasteiger partial charge in [0, 0.05) is 18.6 Å². The molecule has 0 saturated heterocycles. The lowest BCUT2D eigenvalue weighted by Gasteiger charge is -2.22. The lowest BCUT2D eigenvalue weighted by Crippen LogP contribution is -2.32. The van der Waals surface area contributed by atoms with Gasteiger partial charge in [0.05, 0.1) is 42.9 Å². The summed E-state index contributed by atoms with van der Waals surface area (Å²) in [4.78, 5) is 78.3. The van der Waals surface area contributed by atoms with Crippen LogP contribution in [0.15, 0.2) is 37.0 Å². The standard InChI is InChI=1S/C33H39N5O11/c1-17-5-7-21(39)10-12-27(43)49-20(4)29-23(14-28(44)46-17)37-16-35-31-30(32(37)36-29)34-15-38(31)24-13-25(41)19(3)48-26(42)11-9-22(40)8-6-18(2)47-33(24)45/h9-12,15-22,24,39-40H,5-8,13-14H2,1-4H3/b11-9+,12-10+/t17-,18-,19-,20-,21-,22-,24+/m0/s1. The number of aromatic nitrogens is 5. The Morgan fingerprint density at radius 1 is 0.735 bits per heavy atom. The summed E-state index contributed by atoms with van der Waals surface area (Å²) in [6.07, 6.45) is 2.64. The fourth-order valence-corrected chi connectivity index (χ4v) is 5.64. The molecule has 5 rings (SSSR count). The highest BCUT2D eigenvalue weighted by Crippen LogP contribution is 2.29. The van der Waals surface area contributed by atoms with Gasteiger partial charge in [0.25, 0.3) is 0 Å². The monoisotopic (exact) mass is 681 g/mol. The lowest BCUT2D eigenvalue weighted by molar-refractivity contribution is -0.156. The van der Waals surface area contributed by atoms with Crippen molar-refractivity contribution in [3.05, 3.63) is 48.3 Å². The van der Waals surface area contributed by atoms with Crippen LogP contribution in [0.3, 0.4) is 0 Å². The zero-order valence-electron chi connectivity index (χ0n) is 27.6. The van der Waals surface area contributed by atoms with Crippen molar-refractivity contribution in [1.82, 2.24) is 23.9 Å². The van der Waals surface area contributed by atoms with Crippen LogP contribution >= 0.6 is 0 Å². The normalized spacial score (nSPS) is 29.9. The predicted octanol–water partition coefficient (Wildman–Crippen LogP) is 1.94. The minimum Gasteiger partial charge on any atom is -0.462 e. The number of hydrogen-bond acceptors (Lipinski definition) is 14. The molecule has 2 aliphatic rings. The molecule has 5 heterocycles. The molecule has 0 saturated carbocycles. The molecule has 16 nitrogen and oxygen atoms in total. The number of carbonyl (C=O) groups is 5. The van der Waals surface area contributed by atoms with Gasteiger partial charge in [-0.15, -0.1) is 0 Å². The summed E-state index contributed by atoms with van der Waals surface area (Å²) in [7, 11) is 0. The quantitative estimate of drug-likeness (QED) is 0.278. The average molecular weight is 682 g/mol. The van der Waals surface area contributed by atoms with E-state index in [1.54, 1.807) is 20.8 Å². The van der Waals surface area contributed by atoms with Crippen LogP contribution in [0.1, 0.15) is 83.3 Å². The summed E-state index contributed by atoms with van der Waals surface area (Å²) < 4.78 is 24.9. The second-order valence-corrected chi connectivity index (χ2v) is 12.3. The van der Waals surface area contributed by atoms with Crippen LogP contribution in [0, 0.1) is 0 Å². The Kier molecular flexibility index (Phi) is 10.9. The summed E-state index contributed by atoms with van der Waals surface area (Å²) >= 11 is 0. The minimum absolute atomic E-state index is 0.158. The molecule has 0 spiro atoms. The molecule has 0 fully saturated rings. The molecule has 0 amide bonds. The van der Waals surface area contributed by atoms with E-state index in [1.165, 1.54) is 40.7 Å². The Morgan fingerprint density at radius 2 is 1.35 bits per heavy atom. The number of imidazole rings is 2. The number of esters is 4. The van der Waals surface area contributed by atoms with E-state index >= 15 is 0 Å². The molecule has 3 aromatic heterocycles. The van der Waals surface area contributed by atoms with Gasteiger partial charge in [-0.1, -0.05) is 0 Å². The Balaban J connectivity index is 1.56. The first-order valence-electron chi connectivity index (χ1n) is 16.1. The second-order valence-electron chi connectivity index (χ2n) is 12.3. The van der Waals surface area contributed by atoms with Gasteiger partial charge in [0.2, 0.25) is 0 Å². The Bertz CT molecular complexity index is 1810. The maximum Gasteiger partial charge on any atom is 0.331 e. The highest BCUT2D eigenvalue weighted by Gasteiger charge is 2.33. The minimum atomic E-state index is -1.26. The third kappa shape index (κ3) is 8.37. The topological polar surface area (TPSA) is 211 Å². The van der Waals surface area contributed by atoms with Crippen molar-refractivity contribution in [2.45, 2.75) is 109 Å². The molecule has 262 valence electrons. The number of ether oxygens (including phenoxy) is 4. The highest BCUT2D eigenvalue weighted by atomic mass is 16.6. The van der Waals surface area contributed by atoms with Crippen molar-refractivity contribution in [3.63, 3.8) is 0 Å². The average Bonchev–Trinajstić information content (AvgIpc) is 3.64. The van der Waals surface area contributed by atoms with E-state index in [4.69, 9.17) is 18.9 Å². The third-order valence-electron chi connectivity index (χ3n) is 8.35. The first-order valence-corrected chi connectivity index (χ1v) is 16.1. The van der Waals surface area contributed by atoms with Gasteiger partial charge < -0.3 is 33.7 Å². The largest absolute Gasteiger partial charge is 0.462 e. The number of carbonyl (C=O) groups excluding carboxylic acids is 5. The third-order valence-corrected chi connectivity index (χ3v) is 8.35. The molecule has 0 radical (unpaired) electrons. The van der Waals surface area contributed by atoms with E-state index in [1.807, 2.05) is 0 Å². The molecular formula is C33H39N5O11. The van der Waals surface area contributed by atoms with Crippen LogP contribution in [0.5, 0.6) is 0 Å². The Morgan fingerprint density at radius 3 is 2.00 bits per heavy atom. The molecule has 0 aromatic carbocycles. The fourth-order valence-electron chi connectivity index (χ4n) is 5.64. The number of ketones is 1. The van der Waals surface area contributed by atoms with Crippen LogP contribution in [-0.4, -0.2) is 94.3 Å². The summed E-state index contributed by atoms with van der Waals surface area (Å²) in [5.41, 5.74) is 1.17. The van der Waals surface area contributed by atoms with E-state index in [0.717, 1.165) is 12.2 Å². The van der Waals surface area contributed by atoms with E-state index in [-0.39, 0.29) is 48.2 Å². The molecule has 3 aromatic rings. The number of fused-ring (bicyclic) bond motifs is 5. The molecule has 49 heavy (non-hydrogen) atoms. The molecule has 2 aliphatic heterocycles. The van der Waals surface area contributed by atoms with Crippen LogP contribution in [0.25, 0.3) is 16.8 Å². The molecule has 0 unspecified atom stereocenters. The van der Waals surface area contributed by atoms with E-state index in [2.05, 4.69) is 15.0 Å². The number of aliphatic hydroxyl groups excluding tert-OH is 2. The molecule has 0 bridgehead atoms. The Labute approximate surface area is 280 Å². The van der Waals surface area contributed by atoms with Crippen molar-refractivity contribution < 1.29 is 53.1 Å². The van der Waals surface area contributed by atoms with E-state index in [9.17, 15) is 34.2 Å². The predicted molar refractivity (Wildman–Crippen MR) is 169 cm³/mol. The van der Waals surface area contributed by atoms with Crippen molar-refractivity contribution >= 4 is 46.5 Å². The van der Waals surface area contributed by atoms with Crippen molar-refractivity contribution in [2.75, 3.05) is 0 Å². The van der Waals surface area contributed by atoms with Gasteiger partial charge in [0.1, 0.15) is 24.2 Å². The molecule has 2 N–H and O–H groups in total. The number of cyclic esters (lactones) is 4. The summed E-state index contributed by atoms with van der Waals surface area (Å²) in [6, 6.07) is -1.26. The SMILES string of the molecule is C[C@@H]1OC(=O)/C=C/[C@@H](O)CC[C@H](C)OC(=O)[C@H](n2cnc3c2ncn2c4c(nc32)[C@H](C)OC(=O)/C=C/[C@@H](O)CC[C@H](C)OC(=O)C4)CC1=O. The number of hydrogen-bond donors (Lipinski definition) is 2. The lowest BCUT2D eigenvalue weighted by atomic mass is 10.1. The number of Topliss-reactive ketones (excluding diaryl/α,β-unsaturated/α-hetero) is 1. The van der Waals surface area contributed by atoms with Crippen molar-refractivity contribution in [3.8, 4) is 0 Å². The van der Waals surface area contributed by atoms with Crippen LogP contribution in [0.4, 0.5) is 0 Å². The first-order chi connectivity index (χ1) is 23.3. The zero-order valence-corrected chi connectivity index (χ0v) is 27.6. The van der Waals surface area contributed by atoms with Gasteiger partial charge in [-0.3, -0.25) is 14.0 Å². The number of nitrogens with zero attached hydrogens (tertiary/aromatic N) is 5. The van der Waals surface area contributed by atoms with Crippen LogP contribution in [-0.2, 0) is 49.3 Å². The van der Waals surface area contributed by atoms with Crippen LogP contribution < -0.4 is 0 Å². The fraction of sp³-hybridized carbons (Fsp3) is 0.515. The summed E-state index contributed by atoms with van der Waals surface area (Å²) in [5, 5.41) is 20.4. The first kappa shape index (κ1) is 35.3. The smallest absolute Gasteiger partial charge is 0.331 e. The van der Waals surface area contributed by atoms with E-state index in [0.29, 0.717) is 12.1 Å². The van der Waals surface area contributed by atoms with Crippen molar-refractivity contribution in [1.29, 1.82) is 0 Å². The Hall–Kier alpha value is -4.96. The molecule has 7 atom stereocenters. The van der Waals surface area contributed by atoms with Crippen molar-refractivity contribution in [2.24, 2.45) is 0 Å². The van der Waals surface area contributed by atoms with Gasteiger partial charge in [-0.2, -0.15) is 0 Å². The van der Waals surface area contributed by atoms with Crippen LogP contribution in [0.2, 0.25) is 0 Å². The van der Waals surface area contributed by atoms with Gasteiger partial charge in [0.15, 0.2) is 28.7 Å². The summed E-state index contributed by atoms with van der Waals surface area (Å²) in [6.45, 7) is 6.32. The molecule has 0 aliphatic carbocycles. The maximum absolute atomic E-state index is 13.6. The number of aliphatic hydroxyl groups is 2. The van der Waals surface area contributed by atoms with Gasteiger partial charge in [-0.25, -0.2) is 29.3 Å². The summed E-state index contributed by atoms with van der Waals surface area (Å²) in [5.74, 6) is -3.44. The zero-order chi connectivity index (χ0) is 35.4. The molecular weight excluding hydrogens is 642 g/mol. The second kappa shape index (κ2) is 15.1. The van der Waals surface area contributed by atoms with Gasteiger partial charge in [-0.05, 0) is 65.5 Å². The van der Waals surface area contributed by atoms with E-state index < -0.39 is 78.7 Å². The highest BCUT2D eigenvalue weighted by molar-refractivity contribution is 5.93. The molecule has 16 heteroatoms. The van der Waals surface area contributed by atoms with Gasteiger partial charge >= 0.3 is 23.9 Å². The number of rotatable bonds is 1. The maximum atomic E-state index is 13.6.